The van der Waals surface area contributed by atoms with Crippen LogP contribution in [0.3, 0.4) is 0 Å². The van der Waals surface area contributed by atoms with E-state index < -0.39 is 26.8 Å². The van der Waals surface area contributed by atoms with E-state index in [2.05, 4.69) is 10.5 Å². The van der Waals surface area contributed by atoms with Gasteiger partial charge in [-0.2, -0.15) is 13.5 Å². The molecule has 1 N–H and O–H groups in total. The average molecular weight is 487 g/mol. The Hall–Kier alpha value is -4.32. The van der Waals surface area contributed by atoms with Gasteiger partial charge in [0.05, 0.1) is 18.2 Å². The van der Waals surface area contributed by atoms with Crippen LogP contribution >= 0.6 is 0 Å². The fourth-order valence-corrected chi connectivity index (χ4v) is 3.73. The number of rotatable bonds is 8. The molecular formula is C22H18FN3O7S. The smallest absolute Gasteiger partial charge is 0.339 e. The standard InChI is InChI=1S/C22H18FN3O7S/c1-14-3-9-18(12-19(14)26(28)29)34(30,31)33-20-10-4-15(11-21(20)32-2)13-24-25-22(27)16-5-7-17(23)8-6-16/h3-13H,1-2H3,(H,25,27). The number of amides is 1. The SMILES string of the molecule is COc1cc(C=NNC(=O)c2ccc(F)cc2)ccc1OS(=O)(=O)c1ccc(C)c([N+](=O)[O-])c1. The number of hydrogen-bond donors (Lipinski definition) is 1. The van der Waals surface area contributed by atoms with Gasteiger partial charge in [-0.25, -0.2) is 9.82 Å². The number of methoxy groups -OCH3 is 1. The van der Waals surface area contributed by atoms with Crippen LogP contribution in [0.4, 0.5) is 10.1 Å². The molecule has 0 saturated heterocycles. The third kappa shape index (κ3) is 5.72. The Morgan fingerprint density at radius 1 is 1.09 bits per heavy atom. The quantitative estimate of drug-likeness (QED) is 0.222. The maximum Gasteiger partial charge on any atom is 0.339 e. The molecule has 176 valence electrons. The summed E-state index contributed by atoms with van der Waals surface area (Å²) in [6.45, 7) is 1.49. The lowest BCUT2D eigenvalue weighted by Gasteiger charge is -2.11. The molecular weight excluding hydrogens is 469 g/mol. The van der Waals surface area contributed by atoms with Crippen molar-refractivity contribution < 1.29 is 31.4 Å². The molecule has 3 aromatic carbocycles. The molecule has 0 aliphatic heterocycles. The van der Waals surface area contributed by atoms with E-state index in [0.29, 0.717) is 11.1 Å². The monoisotopic (exact) mass is 487 g/mol. The number of hydrogen-bond acceptors (Lipinski definition) is 8. The van der Waals surface area contributed by atoms with Crippen LogP contribution in [0.25, 0.3) is 0 Å². The zero-order valence-corrected chi connectivity index (χ0v) is 18.7. The Bertz CT molecular complexity index is 1370. The van der Waals surface area contributed by atoms with Gasteiger partial charge in [-0.1, -0.05) is 6.07 Å². The van der Waals surface area contributed by atoms with Crippen LogP contribution in [0.2, 0.25) is 0 Å². The molecule has 3 aromatic rings. The lowest BCUT2D eigenvalue weighted by atomic mass is 10.2. The molecule has 12 heteroatoms. The predicted octanol–water partition coefficient (Wildman–Crippen LogP) is 3.58. The van der Waals surface area contributed by atoms with Crippen LogP contribution in [0.1, 0.15) is 21.5 Å². The number of nitro benzene ring substituents is 1. The van der Waals surface area contributed by atoms with Crippen molar-refractivity contribution in [1.29, 1.82) is 0 Å². The van der Waals surface area contributed by atoms with E-state index in [0.717, 1.165) is 18.2 Å². The largest absolute Gasteiger partial charge is 0.493 e. The number of carbonyl (C=O) groups is 1. The molecule has 0 aliphatic rings. The molecule has 0 unspecified atom stereocenters. The van der Waals surface area contributed by atoms with Crippen LogP contribution in [0.5, 0.6) is 11.5 Å². The number of nitro groups is 1. The summed E-state index contributed by atoms with van der Waals surface area (Å²) in [5, 5.41) is 14.9. The maximum absolute atomic E-state index is 12.9. The number of nitrogens with one attached hydrogen (secondary N) is 1. The Kier molecular flexibility index (Phi) is 7.21. The van der Waals surface area contributed by atoms with Gasteiger partial charge in [0.15, 0.2) is 11.5 Å². The Labute approximate surface area is 193 Å². The van der Waals surface area contributed by atoms with Gasteiger partial charge >= 0.3 is 10.1 Å². The number of ether oxygens (including phenoxy) is 1. The van der Waals surface area contributed by atoms with Gasteiger partial charge in [0.2, 0.25) is 0 Å². The van der Waals surface area contributed by atoms with Crippen molar-refractivity contribution in [3.8, 4) is 11.5 Å². The molecule has 0 fully saturated rings. The second-order valence-electron chi connectivity index (χ2n) is 6.86. The summed E-state index contributed by atoms with van der Waals surface area (Å²) < 4.78 is 48.5. The summed E-state index contributed by atoms with van der Waals surface area (Å²) in [6.07, 6.45) is 1.28. The summed E-state index contributed by atoms with van der Waals surface area (Å²) in [7, 11) is -3.10. The normalized spacial score (nSPS) is 11.3. The number of halogens is 1. The predicted molar refractivity (Wildman–Crippen MR) is 120 cm³/mol. The summed E-state index contributed by atoms with van der Waals surface area (Å²) in [5.74, 6) is -1.14. The van der Waals surface area contributed by atoms with Gasteiger partial charge in [-0.15, -0.1) is 0 Å². The molecule has 34 heavy (non-hydrogen) atoms. The molecule has 0 aromatic heterocycles. The Balaban J connectivity index is 1.76. The first-order valence-electron chi connectivity index (χ1n) is 9.57. The van der Waals surface area contributed by atoms with Gasteiger partial charge in [-0.3, -0.25) is 14.9 Å². The van der Waals surface area contributed by atoms with E-state index in [1.165, 1.54) is 62.7 Å². The Morgan fingerprint density at radius 3 is 2.44 bits per heavy atom. The van der Waals surface area contributed by atoms with E-state index in [9.17, 15) is 27.7 Å². The highest BCUT2D eigenvalue weighted by Crippen LogP contribution is 2.31. The lowest BCUT2D eigenvalue weighted by molar-refractivity contribution is -0.385. The second kappa shape index (κ2) is 10.1. The maximum atomic E-state index is 12.9. The fourth-order valence-electron chi connectivity index (χ4n) is 2.77. The molecule has 10 nitrogen and oxygen atoms in total. The first-order valence-corrected chi connectivity index (χ1v) is 11.0. The van der Waals surface area contributed by atoms with Crippen molar-refractivity contribution in [1.82, 2.24) is 5.43 Å². The summed E-state index contributed by atoms with van der Waals surface area (Å²) in [6, 6.07) is 12.5. The second-order valence-corrected chi connectivity index (χ2v) is 8.41. The molecule has 0 radical (unpaired) electrons. The van der Waals surface area contributed by atoms with Crippen LogP contribution in [0.15, 0.2) is 70.7 Å². The highest BCUT2D eigenvalue weighted by Gasteiger charge is 2.23. The van der Waals surface area contributed by atoms with E-state index in [4.69, 9.17) is 8.92 Å². The highest BCUT2D eigenvalue weighted by atomic mass is 32.2. The molecule has 0 bridgehead atoms. The minimum Gasteiger partial charge on any atom is -0.493 e. The fraction of sp³-hybridized carbons (Fsp3) is 0.0909. The van der Waals surface area contributed by atoms with Crippen molar-refractivity contribution in [2.45, 2.75) is 11.8 Å². The van der Waals surface area contributed by atoms with Crippen LogP contribution < -0.4 is 14.3 Å². The Morgan fingerprint density at radius 2 is 1.79 bits per heavy atom. The minimum absolute atomic E-state index is 0.0407. The van der Waals surface area contributed by atoms with E-state index in [1.807, 2.05) is 0 Å². The van der Waals surface area contributed by atoms with Crippen LogP contribution in [-0.2, 0) is 10.1 Å². The van der Waals surface area contributed by atoms with Gasteiger partial charge in [-0.05, 0) is 61.0 Å². The van der Waals surface area contributed by atoms with Crippen LogP contribution in [0, 0.1) is 22.9 Å². The third-order valence-electron chi connectivity index (χ3n) is 4.54. The first-order chi connectivity index (χ1) is 16.1. The van der Waals surface area contributed by atoms with Gasteiger partial charge in [0, 0.05) is 17.2 Å². The first kappa shape index (κ1) is 24.3. The average Bonchev–Trinajstić information content (AvgIpc) is 2.80. The summed E-state index contributed by atoms with van der Waals surface area (Å²) in [5.41, 5.74) is 2.88. The van der Waals surface area contributed by atoms with Crippen LogP contribution in [-0.4, -0.2) is 32.6 Å². The van der Waals surface area contributed by atoms with Crippen molar-refractivity contribution in [3.05, 3.63) is 93.3 Å². The van der Waals surface area contributed by atoms with E-state index in [1.54, 1.807) is 0 Å². The molecule has 3 rings (SSSR count). The molecule has 0 spiro atoms. The summed E-state index contributed by atoms with van der Waals surface area (Å²) in [4.78, 5) is 22.0. The van der Waals surface area contributed by atoms with Gasteiger partial charge < -0.3 is 8.92 Å². The van der Waals surface area contributed by atoms with Crippen molar-refractivity contribution in [2.75, 3.05) is 7.11 Å². The van der Waals surface area contributed by atoms with Crippen molar-refractivity contribution in [3.63, 3.8) is 0 Å². The van der Waals surface area contributed by atoms with E-state index >= 15 is 0 Å². The van der Waals surface area contributed by atoms with Crippen molar-refractivity contribution >= 4 is 27.9 Å². The zero-order chi connectivity index (χ0) is 24.9. The molecule has 1 amide bonds. The topological polar surface area (TPSA) is 137 Å². The zero-order valence-electron chi connectivity index (χ0n) is 17.9. The van der Waals surface area contributed by atoms with Crippen molar-refractivity contribution in [2.24, 2.45) is 5.10 Å². The molecule has 0 heterocycles. The van der Waals surface area contributed by atoms with Gasteiger partial charge in [0.25, 0.3) is 11.6 Å². The molecule has 0 atom stereocenters. The molecule has 0 aliphatic carbocycles. The number of hydrazone groups is 1. The number of carbonyl (C=O) groups excluding carboxylic acids is 1. The number of benzene rings is 3. The summed E-state index contributed by atoms with van der Waals surface area (Å²) >= 11 is 0. The number of nitrogens with zero attached hydrogens (tertiary/aromatic N) is 2. The minimum atomic E-state index is -4.40. The molecule has 0 saturated carbocycles. The lowest BCUT2D eigenvalue weighted by Crippen LogP contribution is -2.17. The highest BCUT2D eigenvalue weighted by molar-refractivity contribution is 7.87. The van der Waals surface area contributed by atoms with E-state index in [-0.39, 0.29) is 27.6 Å². The van der Waals surface area contributed by atoms with Gasteiger partial charge in [0.1, 0.15) is 10.7 Å². The number of aryl methyl sites for hydroxylation is 1. The third-order valence-corrected chi connectivity index (χ3v) is 5.77.